The van der Waals surface area contributed by atoms with E-state index in [2.05, 4.69) is 32.8 Å². The Morgan fingerprint density at radius 3 is 2.73 bits per heavy atom. The number of methoxy groups -OCH3 is 1. The molecule has 1 aromatic heterocycles. The molecule has 0 saturated carbocycles. The molecule has 3 aromatic rings. The highest BCUT2D eigenvalue weighted by atomic mass is 127. The highest BCUT2D eigenvalue weighted by molar-refractivity contribution is 14.1. The highest BCUT2D eigenvalue weighted by Gasteiger charge is 2.17. The van der Waals surface area contributed by atoms with Gasteiger partial charge in [-0.3, -0.25) is 0 Å². The molecule has 156 valence electrons. The van der Waals surface area contributed by atoms with Crippen LogP contribution in [0.5, 0.6) is 11.5 Å². The summed E-state index contributed by atoms with van der Waals surface area (Å²) in [6, 6.07) is 10.9. The molecule has 0 fully saturated rings. The number of halogens is 2. The number of aromatic nitrogens is 2. The first-order valence-corrected chi connectivity index (χ1v) is 10.8. The molecular formula is C20H16ClIN2O5S. The Hall–Kier alpha value is -2.24. The summed E-state index contributed by atoms with van der Waals surface area (Å²) in [7, 11) is 1.52. The van der Waals surface area contributed by atoms with Gasteiger partial charge in [0.1, 0.15) is 11.5 Å². The number of hydrogen-bond acceptors (Lipinski definition) is 7. The maximum atomic E-state index is 11.7. The topological polar surface area (TPSA) is 94.7 Å². The third-order valence-corrected chi connectivity index (χ3v) is 5.82. The first-order chi connectivity index (χ1) is 14.4. The van der Waals surface area contributed by atoms with E-state index < -0.39 is 5.97 Å². The standard InChI is InChI=1S/C20H16ClIN2O5S/c1-11-23-24-20(29-11)30-17(19(25)26)9-12-7-15(22)18(16(8-12)27-2)28-10-13-5-3-4-6-14(13)21/h3-9H,10H2,1-2H3,(H,25,26)/b17-9-. The molecule has 0 radical (unpaired) electrons. The number of carboxylic acids is 1. The van der Waals surface area contributed by atoms with Crippen LogP contribution in [0.1, 0.15) is 17.0 Å². The van der Waals surface area contributed by atoms with Gasteiger partial charge in [0, 0.05) is 17.5 Å². The summed E-state index contributed by atoms with van der Waals surface area (Å²) in [4.78, 5) is 11.7. The molecule has 0 unspecified atom stereocenters. The van der Waals surface area contributed by atoms with E-state index in [1.807, 2.05) is 18.2 Å². The highest BCUT2D eigenvalue weighted by Crippen LogP contribution is 2.36. The van der Waals surface area contributed by atoms with Crippen molar-refractivity contribution in [2.75, 3.05) is 7.11 Å². The van der Waals surface area contributed by atoms with Crippen molar-refractivity contribution in [3.8, 4) is 11.5 Å². The minimum Gasteiger partial charge on any atom is -0.493 e. The van der Waals surface area contributed by atoms with Gasteiger partial charge in [-0.1, -0.05) is 29.8 Å². The number of carboxylic acid groups (broad SMARTS) is 1. The second-order valence-corrected chi connectivity index (χ2v) is 8.48. The van der Waals surface area contributed by atoms with Crippen LogP contribution in [-0.4, -0.2) is 28.4 Å². The molecule has 1 heterocycles. The van der Waals surface area contributed by atoms with Crippen molar-refractivity contribution in [3.63, 3.8) is 0 Å². The number of thioether (sulfide) groups is 1. The van der Waals surface area contributed by atoms with Gasteiger partial charge in [0.15, 0.2) is 11.5 Å². The average Bonchev–Trinajstić information content (AvgIpc) is 3.12. The Labute approximate surface area is 195 Å². The summed E-state index contributed by atoms with van der Waals surface area (Å²) in [5, 5.41) is 17.8. The Morgan fingerprint density at radius 2 is 2.10 bits per heavy atom. The fourth-order valence-electron chi connectivity index (χ4n) is 2.43. The van der Waals surface area contributed by atoms with Gasteiger partial charge in [-0.15, -0.1) is 10.2 Å². The van der Waals surface area contributed by atoms with E-state index in [0.29, 0.717) is 28.0 Å². The van der Waals surface area contributed by atoms with Crippen molar-refractivity contribution >= 4 is 58.0 Å². The van der Waals surface area contributed by atoms with E-state index in [4.69, 9.17) is 25.5 Å². The van der Waals surface area contributed by atoms with Crippen molar-refractivity contribution in [2.24, 2.45) is 0 Å². The number of benzene rings is 2. The van der Waals surface area contributed by atoms with Gasteiger partial charge in [-0.25, -0.2) is 4.79 Å². The lowest BCUT2D eigenvalue weighted by Gasteiger charge is -2.14. The van der Waals surface area contributed by atoms with Crippen molar-refractivity contribution < 1.29 is 23.8 Å². The third-order valence-electron chi connectivity index (χ3n) is 3.79. The van der Waals surface area contributed by atoms with Crippen LogP contribution in [0.4, 0.5) is 0 Å². The van der Waals surface area contributed by atoms with Crippen LogP contribution < -0.4 is 9.47 Å². The number of rotatable bonds is 8. The molecule has 10 heteroatoms. The maximum Gasteiger partial charge on any atom is 0.342 e. The third kappa shape index (κ3) is 5.67. The summed E-state index contributed by atoms with van der Waals surface area (Å²) in [6.45, 7) is 1.91. The predicted molar refractivity (Wildman–Crippen MR) is 122 cm³/mol. The van der Waals surface area contributed by atoms with Crippen LogP contribution in [0.25, 0.3) is 6.08 Å². The summed E-state index contributed by atoms with van der Waals surface area (Å²) in [5.74, 6) is 0.276. The van der Waals surface area contributed by atoms with Crippen LogP contribution in [0.2, 0.25) is 5.02 Å². The Balaban J connectivity index is 1.87. The van der Waals surface area contributed by atoms with Crippen LogP contribution in [-0.2, 0) is 11.4 Å². The lowest BCUT2D eigenvalue weighted by atomic mass is 10.2. The second kappa shape index (κ2) is 10.2. The van der Waals surface area contributed by atoms with E-state index in [9.17, 15) is 9.90 Å². The summed E-state index contributed by atoms with van der Waals surface area (Å²) >= 11 is 9.18. The van der Waals surface area contributed by atoms with Gasteiger partial charge in [0.2, 0.25) is 5.89 Å². The Morgan fingerprint density at radius 1 is 1.33 bits per heavy atom. The zero-order valence-electron chi connectivity index (χ0n) is 15.9. The molecule has 3 rings (SSSR count). The Kier molecular flexibility index (Phi) is 7.62. The lowest BCUT2D eigenvalue weighted by molar-refractivity contribution is -0.131. The zero-order chi connectivity index (χ0) is 21.7. The van der Waals surface area contributed by atoms with Gasteiger partial charge in [0.25, 0.3) is 5.22 Å². The number of ether oxygens (including phenoxy) is 2. The van der Waals surface area contributed by atoms with Crippen LogP contribution in [0.15, 0.2) is 50.9 Å². The lowest BCUT2D eigenvalue weighted by Crippen LogP contribution is -2.01. The molecule has 0 aliphatic heterocycles. The van der Waals surface area contributed by atoms with Crippen molar-refractivity contribution in [1.29, 1.82) is 0 Å². The van der Waals surface area contributed by atoms with Gasteiger partial charge in [-0.05, 0) is 64.2 Å². The SMILES string of the molecule is COc1cc(/C=C(\Sc2nnc(C)o2)C(=O)O)cc(I)c1OCc1ccccc1Cl. The zero-order valence-corrected chi connectivity index (χ0v) is 19.6. The van der Waals surface area contributed by atoms with Crippen LogP contribution in [0, 0.1) is 10.5 Å². The summed E-state index contributed by atoms with van der Waals surface area (Å²) in [5.41, 5.74) is 1.47. The summed E-state index contributed by atoms with van der Waals surface area (Å²) in [6.07, 6.45) is 1.51. The van der Waals surface area contributed by atoms with Crippen molar-refractivity contribution in [2.45, 2.75) is 18.8 Å². The molecule has 0 atom stereocenters. The second-order valence-electron chi connectivity index (χ2n) is 5.92. The molecule has 0 amide bonds. The minimum atomic E-state index is -1.11. The van der Waals surface area contributed by atoms with Gasteiger partial charge >= 0.3 is 5.97 Å². The van der Waals surface area contributed by atoms with Gasteiger partial charge in [0.05, 0.1) is 10.7 Å². The van der Waals surface area contributed by atoms with E-state index >= 15 is 0 Å². The number of aliphatic carboxylic acids is 1. The largest absolute Gasteiger partial charge is 0.493 e. The van der Waals surface area contributed by atoms with Crippen LogP contribution in [0.3, 0.4) is 0 Å². The van der Waals surface area contributed by atoms with Crippen molar-refractivity contribution in [3.05, 3.63) is 66.9 Å². The first kappa shape index (κ1) is 22.4. The normalized spacial score (nSPS) is 11.4. The number of aryl methyl sites for hydroxylation is 1. The Bertz CT molecular complexity index is 1100. The smallest absolute Gasteiger partial charge is 0.342 e. The van der Waals surface area contributed by atoms with E-state index in [-0.39, 0.29) is 16.7 Å². The number of carbonyl (C=O) groups is 1. The molecule has 30 heavy (non-hydrogen) atoms. The fourth-order valence-corrected chi connectivity index (χ4v) is 4.11. The summed E-state index contributed by atoms with van der Waals surface area (Å²) < 4.78 is 17.4. The molecule has 7 nitrogen and oxygen atoms in total. The molecule has 0 aliphatic rings. The molecule has 0 saturated heterocycles. The maximum absolute atomic E-state index is 11.7. The molecular weight excluding hydrogens is 543 g/mol. The van der Waals surface area contributed by atoms with E-state index in [0.717, 1.165) is 20.9 Å². The number of hydrogen-bond donors (Lipinski definition) is 1. The fraction of sp³-hybridized carbons (Fsp3) is 0.150. The molecule has 2 aromatic carbocycles. The molecule has 0 aliphatic carbocycles. The molecule has 0 bridgehead atoms. The van der Waals surface area contributed by atoms with E-state index in [1.165, 1.54) is 13.2 Å². The minimum absolute atomic E-state index is 0.0289. The average molecular weight is 559 g/mol. The predicted octanol–water partition coefficient (Wildman–Crippen LogP) is 5.44. The molecule has 0 spiro atoms. The number of nitrogens with zero attached hydrogens (tertiary/aromatic N) is 2. The van der Waals surface area contributed by atoms with Gasteiger partial charge < -0.3 is 19.0 Å². The molecule has 1 N–H and O–H groups in total. The van der Waals surface area contributed by atoms with E-state index in [1.54, 1.807) is 25.1 Å². The monoisotopic (exact) mass is 558 g/mol. The van der Waals surface area contributed by atoms with Crippen LogP contribution >= 0.6 is 46.0 Å². The quantitative estimate of drug-likeness (QED) is 0.222. The van der Waals surface area contributed by atoms with Gasteiger partial charge in [-0.2, -0.15) is 0 Å². The van der Waals surface area contributed by atoms with Crippen molar-refractivity contribution in [1.82, 2.24) is 10.2 Å². The first-order valence-electron chi connectivity index (χ1n) is 8.54.